The van der Waals surface area contributed by atoms with E-state index < -0.39 is 0 Å². The number of fused-ring (bicyclic) bond motifs is 3. The molecule has 0 spiro atoms. The highest BCUT2D eigenvalue weighted by Gasteiger charge is 2.45. The fraction of sp³-hybridized carbons (Fsp3) is 0.300. The average Bonchev–Trinajstić information content (AvgIpc) is 2.83. The maximum Gasteiger partial charge on any atom is 0.251 e. The zero-order valence-corrected chi connectivity index (χ0v) is 8.47. The minimum absolute atomic E-state index is 0.0845. The van der Waals surface area contributed by atoms with E-state index in [9.17, 15) is 4.79 Å². The first kappa shape index (κ1) is 7.56. The van der Waals surface area contributed by atoms with Gasteiger partial charge in [-0.2, -0.15) is 0 Å². The lowest BCUT2D eigenvalue weighted by Gasteiger charge is -2.15. The molecule has 1 N–H and O–H groups in total. The van der Waals surface area contributed by atoms with Crippen LogP contribution in [0.5, 0.6) is 0 Å². The van der Waals surface area contributed by atoms with Gasteiger partial charge in [0.05, 0.1) is 0 Å². The number of nitrogens with one attached hydrogen (secondary N) is 1. The van der Waals surface area contributed by atoms with Crippen LogP contribution in [0, 0.1) is 0 Å². The lowest BCUT2D eigenvalue weighted by atomic mass is 10.00. The third-order valence-electron chi connectivity index (χ3n) is 2.76. The van der Waals surface area contributed by atoms with Crippen molar-refractivity contribution in [2.24, 2.45) is 0 Å². The van der Waals surface area contributed by atoms with E-state index in [1.807, 2.05) is 12.1 Å². The van der Waals surface area contributed by atoms with E-state index in [0.717, 1.165) is 16.5 Å². The molecular formula is C10H8BrNO. The van der Waals surface area contributed by atoms with E-state index >= 15 is 0 Å². The highest BCUT2D eigenvalue weighted by molar-refractivity contribution is 9.10. The second kappa shape index (κ2) is 2.35. The summed E-state index contributed by atoms with van der Waals surface area (Å²) in [5.41, 5.74) is 2.06. The number of carbonyl (C=O) groups is 1. The largest absolute Gasteiger partial charge is 0.349 e. The van der Waals surface area contributed by atoms with Gasteiger partial charge in [-0.3, -0.25) is 4.79 Å². The predicted molar refractivity (Wildman–Crippen MR) is 52.8 cm³/mol. The molecule has 2 atom stereocenters. The summed E-state index contributed by atoms with van der Waals surface area (Å²) in [5.74, 6) is 0.659. The number of benzene rings is 1. The molecule has 1 saturated carbocycles. The molecule has 1 fully saturated rings. The smallest absolute Gasteiger partial charge is 0.251 e. The van der Waals surface area contributed by atoms with Gasteiger partial charge in [0.15, 0.2) is 0 Å². The SMILES string of the molecule is O=C1N[C@@H]2C[C@@H]2c2cc(Br)ccc21. The normalized spacial score (nSPS) is 28.8. The minimum Gasteiger partial charge on any atom is -0.349 e. The second-order valence-corrected chi connectivity index (χ2v) is 4.57. The lowest BCUT2D eigenvalue weighted by molar-refractivity contribution is 0.0944. The van der Waals surface area contributed by atoms with Crippen LogP contribution in [0.3, 0.4) is 0 Å². The summed E-state index contributed by atoms with van der Waals surface area (Å²) in [7, 11) is 0. The fourth-order valence-corrected chi connectivity index (χ4v) is 2.37. The summed E-state index contributed by atoms with van der Waals surface area (Å²) < 4.78 is 1.06. The minimum atomic E-state index is 0.0845. The van der Waals surface area contributed by atoms with Crippen molar-refractivity contribution >= 4 is 21.8 Å². The predicted octanol–water partition coefficient (Wildman–Crippen LogP) is 2.05. The number of hydrogen-bond donors (Lipinski definition) is 1. The van der Waals surface area contributed by atoms with Crippen molar-refractivity contribution in [2.75, 3.05) is 0 Å². The van der Waals surface area contributed by atoms with Crippen molar-refractivity contribution in [1.82, 2.24) is 5.32 Å². The maximum atomic E-state index is 11.5. The van der Waals surface area contributed by atoms with Crippen LogP contribution in [0.1, 0.15) is 28.3 Å². The molecule has 3 rings (SSSR count). The molecule has 1 aliphatic heterocycles. The molecule has 0 saturated heterocycles. The van der Waals surface area contributed by atoms with Gasteiger partial charge in [0.2, 0.25) is 0 Å². The summed E-state index contributed by atoms with van der Waals surface area (Å²) in [5, 5.41) is 2.97. The molecule has 13 heavy (non-hydrogen) atoms. The van der Waals surface area contributed by atoms with Crippen molar-refractivity contribution < 1.29 is 4.79 Å². The molecule has 1 amide bonds. The number of hydrogen-bond acceptors (Lipinski definition) is 1. The Kier molecular flexibility index (Phi) is 1.37. The Balaban J connectivity index is 2.20. The van der Waals surface area contributed by atoms with E-state index in [1.54, 1.807) is 0 Å². The van der Waals surface area contributed by atoms with Gasteiger partial charge in [0.1, 0.15) is 0 Å². The van der Waals surface area contributed by atoms with Gasteiger partial charge in [0, 0.05) is 22.0 Å². The van der Waals surface area contributed by atoms with Gasteiger partial charge in [-0.1, -0.05) is 15.9 Å². The molecule has 3 heteroatoms. The standard InChI is InChI=1S/C10H8BrNO/c11-5-1-2-6-7(3-5)8-4-9(8)12-10(6)13/h1-3,8-9H,4H2,(H,12,13)/t8-,9-/m1/s1. The molecule has 0 bridgehead atoms. The van der Waals surface area contributed by atoms with Crippen molar-refractivity contribution in [3.63, 3.8) is 0 Å². The quantitative estimate of drug-likeness (QED) is 0.736. The van der Waals surface area contributed by atoms with Crippen LogP contribution in [-0.4, -0.2) is 11.9 Å². The topological polar surface area (TPSA) is 29.1 Å². The Morgan fingerprint density at radius 3 is 3.15 bits per heavy atom. The molecule has 1 aliphatic carbocycles. The van der Waals surface area contributed by atoms with Crippen molar-refractivity contribution in [3.8, 4) is 0 Å². The molecule has 2 nitrogen and oxygen atoms in total. The van der Waals surface area contributed by atoms with Crippen molar-refractivity contribution in [3.05, 3.63) is 33.8 Å². The van der Waals surface area contributed by atoms with Gasteiger partial charge in [0.25, 0.3) is 5.91 Å². The van der Waals surface area contributed by atoms with Crippen LogP contribution >= 0.6 is 15.9 Å². The highest BCUT2D eigenvalue weighted by atomic mass is 79.9. The Morgan fingerprint density at radius 1 is 1.46 bits per heavy atom. The second-order valence-electron chi connectivity index (χ2n) is 3.65. The first-order chi connectivity index (χ1) is 6.25. The highest BCUT2D eigenvalue weighted by Crippen LogP contribution is 2.45. The number of rotatable bonds is 0. The summed E-state index contributed by atoms with van der Waals surface area (Å²) in [6.07, 6.45) is 1.11. The van der Waals surface area contributed by atoms with Crippen LogP contribution in [0.4, 0.5) is 0 Å². The summed E-state index contributed by atoms with van der Waals surface area (Å²) in [6.45, 7) is 0. The Bertz CT molecular complexity index is 402. The maximum absolute atomic E-state index is 11.5. The lowest BCUT2D eigenvalue weighted by Crippen LogP contribution is -2.31. The molecule has 1 aromatic rings. The summed E-state index contributed by atoms with van der Waals surface area (Å²) >= 11 is 3.42. The van der Waals surface area contributed by atoms with Crippen LogP contribution in [-0.2, 0) is 0 Å². The fourth-order valence-electron chi connectivity index (χ4n) is 1.99. The monoisotopic (exact) mass is 237 g/mol. The Labute approximate surface area is 84.5 Å². The molecule has 1 aromatic carbocycles. The average molecular weight is 238 g/mol. The summed E-state index contributed by atoms with van der Waals surface area (Å²) in [4.78, 5) is 11.5. The van der Waals surface area contributed by atoms with Crippen LogP contribution < -0.4 is 5.32 Å². The first-order valence-electron chi connectivity index (χ1n) is 4.36. The molecule has 0 radical (unpaired) electrons. The first-order valence-corrected chi connectivity index (χ1v) is 5.15. The van der Waals surface area contributed by atoms with Crippen LogP contribution in [0.2, 0.25) is 0 Å². The van der Waals surface area contributed by atoms with Crippen molar-refractivity contribution in [2.45, 2.75) is 18.4 Å². The van der Waals surface area contributed by atoms with Gasteiger partial charge in [-0.15, -0.1) is 0 Å². The van der Waals surface area contributed by atoms with Gasteiger partial charge in [-0.05, 0) is 30.2 Å². The number of halogens is 1. The Hall–Kier alpha value is -0.830. The van der Waals surface area contributed by atoms with Crippen molar-refractivity contribution in [1.29, 1.82) is 0 Å². The molecular weight excluding hydrogens is 230 g/mol. The van der Waals surface area contributed by atoms with E-state index in [4.69, 9.17) is 0 Å². The van der Waals surface area contributed by atoms with E-state index in [1.165, 1.54) is 5.56 Å². The number of carbonyl (C=O) groups excluding carboxylic acids is 1. The van der Waals surface area contributed by atoms with Crippen LogP contribution in [0.25, 0.3) is 0 Å². The van der Waals surface area contributed by atoms with E-state index in [2.05, 4.69) is 27.3 Å². The Morgan fingerprint density at radius 2 is 2.31 bits per heavy atom. The molecule has 66 valence electrons. The van der Waals surface area contributed by atoms with Crippen LogP contribution in [0.15, 0.2) is 22.7 Å². The molecule has 1 heterocycles. The zero-order valence-electron chi connectivity index (χ0n) is 6.88. The number of amides is 1. The van der Waals surface area contributed by atoms with Gasteiger partial charge >= 0.3 is 0 Å². The van der Waals surface area contributed by atoms with E-state index in [-0.39, 0.29) is 5.91 Å². The van der Waals surface area contributed by atoms with Gasteiger partial charge in [-0.25, -0.2) is 0 Å². The summed E-state index contributed by atoms with van der Waals surface area (Å²) in [6, 6.07) is 6.29. The third kappa shape index (κ3) is 1.03. The molecule has 0 unspecified atom stereocenters. The molecule has 0 aromatic heterocycles. The molecule has 2 aliphatic rings. The van der Waals surface area contributed by atoms with Gasteiger partial charge < -0.3 is 5.32 Å². The van der Waals surface area contributed by atoms with E-state index in [0.29, 0.717) is 12.0 Å². The zero-order chi connectivity index (χ0) is 9.00. The third-order valence-corrected chi connectivity index (χ3v) is 3.26.